The maximum atomic E-state index is 13.0. The van der Waals surface area contributed by atoms with Gasteiger partial charge in [0.15, 0.2) is 5.82 Å². The fourth-order valence-electron chi connectivity index (χ4n) is 2.15. The Hall–Kier alpha value is -2.80. The summed E-state index contributed by atoms with van der Waals surface area (Å²) in [4.78, 5) is 16.8. The Morgan fingerprint density at radius 1 is 1.20 bits per heavy atom. The predicted octanol–water partition coefficient (Wildman–Crippen LogP) is 4.39. The van der Waals surface area contributed by atoms with E-state index in [2.05, 4.69) is 14.7 Å². The molecule has 0 bridgehead atoms. The molecule has 0 fully saturated rings. The van der Waals surface area contributed by atoms with Crippen molar-refractivity contribution in [1.82, 2.24) is 9.36 Å². The lowest BCUT2D eigenvalue weighted by Crippen LogP contribution is -2.13. The van der Waals surface area contributed by atoms with Gasteiger partial charge in [-0.2, -0.15) is 9.36 Å². The first kappa shape index (κ1) is 17.0. The first-order valence-corrected chi connectivity index (χ1v) is 8.57. The predicted molar refractivity (Wildman–Crippen MR) is 95.5 cm³/mol. The van der Waals surface area contributed by atoms with Gasteiger partial charge in [-0.25, -0.2) is 4.39 Å². The molecule has 7 heteroatoms. The molecule has 0 saturated carbocycles. The van der Waals surface area contributed by atoms with Gasteiger partial charge in [0.1, 0.15) is 11.6 Å². The molecule has 1 amide bonds. The molecule has 5 nitrogen and oxygen atoms in total. The number of nitrogens with one attached hydrogen (secondary N) is 1. The van der Waals surface area contributed by atoms with E-state index in [4.69, 9.17) is 4.74 Å². The van der Waals surface area contributed by atoms with Crippen molar-refractivity contribution in [2.24, 2.45) is 0 Å². The number of benzene rings is 2. The molecule has 2 aromatic carbocycles. The number of halogens is 1. The molecule has 3 rings (SSSR count). The number of rotatable bonds is 6. The Labute approximate surface area is 148 Å². The van der Waals surface area contributed by atoms with Crippen molar-refractivity contribution in [2.75, 3.05) is 11.9 Å². The molecular formula is C18H16FN3O2S. The molecule has 0 atom stereocenters. The van der Waals surface area contributed by atoms with Crippen molar-refractivity contribution < 1.29 is 13.9 Å². The molecule has 0 radical (unpaired) electrons. The second-order valence-electron chi connectivity index (χ2n) is 5.23. The lowest BCUT2D eigenvalue weighted by atomic mass is 10.2. The Bertz CT molecular complexity index is 865. The summed E-state index contributed by atoms with van der Waals surface area (Å²) >= 11 is 1.07. The number of para-hydroxylation sites is 1. The molecule has 0 aliphatic heterocycles. The van der Waals surface area contributed by atoms with E-state index in [1.165, 1.54) is 12.1 Å². The SMILES string of the molecule is CCCOc1ccccc1C(=O)Nc1nc(-c2ccc(F)cc2)ns1. The number of nitrogens with zero attached hydrogens (tertiary/aromatic N) is 2. The maximum Gasteiger partial charge on any atom is 0.261 e. The van der Waals surface area contributed by atoms with Crippen LogP contribution in [-0.2, 0) is 0 Å². The van der Waals surface area contributed by atoms with Crippen LogP contribution in [0.4, 0.5) is 9.52 Å². The fraction of sp³-hybridized carbons (Fsp3) is 0.167. The Kier molecular flexibility index (Phi) is 5.35. The van der Waals surface area contributed by atoms with Gasteiger partial charge < -0.3 is 4.74 Å². The highest BCUT2D eigenvalue weighted by molar-refractivity contribution is 7.10. The van der Waals surface area contributed by atoms with Crippen LogP contribution < -0.4 is 10.1 Å². The van der Waals surface area contributed by atoms with Gasteiger partial charge in [-0.3, -0.25) is 10.1 Å². The summed E-state index contributed by atoms with van der Waals surface area (Å²) in [6.45, 7) is 2.54. The van der Waals surface area contributed by atoms with Gasteiger partial charge in [0.25, 0.3) is 5.91 Å². The van der Waals surface area contributed by atoms with Gasteiger partial charge in [-0.05, 0) is 42.8 Å². The third-order valence-corrected chi connectivity index (χ3v) is 3.97. The molecule has 0 saturated heterocycles. The Morgan fingerprint density at radius 3 is 2.72 bits per heavy atom. The lowest BCUT2D eigenvalue weighted by Gasteiger charge is -2.09. The van der Waals surface area contributed by atoms with Crippen molar-refractivity contribution in [2.45, 2.75) is 13.3 Å². The summed E-state index contributed by atoms with van der Waals surface area (Å²) in [6, 6.07) is 12.9. The number of hydrogen-bond acceptors (Lipinski definition) is 5. The average Bonchev–Trinajstić information content (AvgIpc) is 3.09. The highest BCUT2D eigenvalue weighted by atomic mass is 32.1. The van der Waals surface area contributed by atoms with Crippen LogP contribution in [0, 0.1) is 5.82 Å². The minimum Gasteiger partial charge on any atom is -0.493 e. The van der Waals surface area contributed by atoms with Crippen molar-refractivity contribution in [3.8, 4) is 17.1 Å². The van der Waals surface area contributed by atoms with Crippen LogP contribution in [0.2, 0.25) is 0 Å². The zero-order valence-corrected chi connectivity index (χ0v) is 14.3. The van der Waals surface area contributed by atoms with Crippen LogP contribution in [0.1, 0.15) is 23.7 Å². The smallest absolute Gasteiger partial charge is 0.261 e. The topological polar surface area (TPSA) is 64.1 Å². The third kappa shape index (κ3) is 4.19. The maximum absolute atomic E-state index is 13.0. The van der Waals surface area contributed by atoms with Crippen molar-refractivity contribution in [1.29, 1.82) is 0 Å². The largest absolute Gasteiger partial charge is 0.493 e. The second-order valence-corrected chi connectivity index (χ2v) is 5.98. The van der Waals surface area contributed by atoms with E-state index in [-0.39, 0.29) is 11.7 Å². The lowest BCUT2D eigenvalue weighted by molar-refractivity contribution is 0.102. The number of anilines is 1. The molecule has 3 aromatic rings. The number of carbonyl (C=O) groups is 1. The van der Waals surface area contributed by atoms with E-state index in [1.54, 1.807) is 30.3 Å². The van der Waals surface area contributed by atoms with Gasteiger partial charge in [0.05, 0.1) is 12.2 Å². The van der Waals surface area contributed by atoms with Crippen LogP contribution in [-0.4, -0.2) is 21.9 Å². The van der Waals surface area contributed by atoms with Gasteiger partial charge in [0, 0.05) is 17.1 Å². The molecule has 0 unspecified atom stereocenters. The summed E-state index contributed by atoms with van der Waals surface area (Å²) in [5, 5.41) is 3.10. The van der Waals surface area contributed by atoms with Gasteiger partial charge in [-0.1, -0.05) is 19.1 Å². The van der Waals surface area contributed by atoms with Crippen molar-refractivity contribution in [3.63, 3.8) is 0 Å². The average molecular weight is 357 g/mol. The normalized spacial score (nSPS) is 10.5. The molecule has 0 spiro atoms. The van der Waals surface area contributed by atoms with Gasteiger partial charge in [0.2, 0.25) is 5.13 Å². The molecule has 25 heavy (non-hydrogen) atoms. The molecule has 128 valence electrons. The molecule has 1 aromatic heterocycles. The summed E-state index contributed by atoms with van der Waals surface area (Å²) < 4.78 is 22.8. The minimum atomic E-state index is -0.323. The summed E-state index contributed by atoms with van der Waals surface area (Å²) in [7, 11) is 0. The standard InChI is InChI=1S/C18H16FN3O2S/c1-2-11-24-15-6-4-3-5-14(15)17(23)21-18-20-16(22-25-18)12-7-9-13(19)10-8-12/h3-10H,2,11H2,1H3,(H,20,21,22,23). The summed E-state index contributed by atoms with van der Waals surface area (Å²) in [6.07, 6.45) is 0.855. The van der Waals surface area contributed by atoms with Gasteiger partial charge in [-0.15, -0.1) is 0 Å². The number of aromatic nitrogens is 2. The highest BCUT2D eigenvalue weighted by Crippen LogP contribution is 2.24. The second kappa shape index (κ2) is 7.85. The molecule has 0 aliphatic carbocycles. The first-order chi connectivity index (χ1) is 12.2. The van der Waals surface area contributed by atoms with Crippen LogP contribution in [0.3, 0.4) is 0 Å². The highest BCUT2D eigenvalue weighted by Gasteiger charge is 2.15. The van der Waals surface area contributed by atoms with Crippen LogP contribution in [0.5, 0.6) is 5.75 Å². The van der Waals surface area contributed by atoms with Crippen LogP contribution >= 0.6 is 11.5 Å². The van der Waals surface area contributed by atoms with E-state index < -0.39 is 0 Å². The number of amides is 1. The van der Waals surface area contributed by atoms with E-state index in [9.17, 15) is 9.18 Å². The Balaban J connectivity index is 1.75. The molecule has 0 aliphatic rings. The van der Waals surface area contributed by atoms with E-state index >= 15 is 0 Å². The van der Waals surface area contributed by atoms with E-state index in [0.29, 0.717) is 34.4 Å². The number of ether oxygens (including phenoxy) is 1. The monoisotopic (exact) mass is 357 g/mol. The van der Waals surface area contributed by atoms with E-state index in [1.807, 2.05) is 13.0 Å². The first-order valence-electron chi connectivity index (χ1n) is 7.80. The quantitative estimate of drug-likeness (QED) is 0.711. The third-order valence-electron chi connectivity index (χ3n) is 3.34. The van der Waals surface area contributed by atoms with Gasteiger partial charge >= 0.3 is 0 Å². The van der Waals surface area contributed by atoms with Crippen molar-refractivity contribution >= 4 is 22.6 Å². The fourth-order valence-corrected chi connectivity index (χ4v) is 2.73. The van der Waals surface area contributed by atoms with Crippen LogP contribution in [0.15, 0.2) is 48.5 Å². The number of carbonyl (C=O) groups excluding carboxylic acids is 1. The molecule has 1 N–H and O–H groups in total. The minimum absolute atomic E-state index is 0.312. The van der Waals surface area contributed by atoms with E-state index in [0.717, 1.165) is 18.0 Å². The van der Waals surface area contributed by atoms with Crippen LogP contribution in [0.25, 0.3) is 11.4 Å². The molecular weight excluding hydrogens is 341 g/mol. The molecule has 1 heterocycles. The zero-order chi connectivity index (χ0) is 17.6. The summed E-state index contributed by atoms with van der Waals surface area (Å²) in [5.74, 6) is 0.339. The van der Waals surface area contributed by atoms with Crippen molar-refractivity contribution in [3.05, 3.63) is 59.9 Å². The summed E-state index contributed by atoms with van der Waals surface area (Å²) in [5.41, 5.74) is 1.12. The zero-order valence-electron chi connectivity index (χ0n) is 13.5. The number of hydrogen-bond donors (Lipinski definition) is 1. The Morgan fingerprint density at radius 2 is 1.96 bits per heavy atom.